The molecule has 3 rings (SSSR count). The van der Waals surface area contributed by atoms with Gasteiger partial charge in [-0.2, -0.15) is 0 Å². The number of nitrogens with one attached hydrogen (secondary N) is 1. The van der Waals surface area contributed by atoms with Crippen LogP contribution >= 0.6 is 0 Å². The first-order valence-electron chi connectivity index (χ1n) is 8.35. The molecule has 2 saturated carbocycles. The van der Waals surface area contributed by atoms with Crippen molar-refractivity contribution in [3.8, 4) is 0 Å². The third-order valence-electron chi connectivity index (χ3n) is 5.60. The second-order valence-corrected chi connectivity index (χ2v) is 6.88. The SMILES string of the molecule is C1CCN(CCCNCCC2CC3CCC2C3)C1. The smallest absolute Gasteiger partial charge is 0.000664 e. The molecule has 1 saturated heterocycles. The third-order valence-corrected chi connectivity index (χ3v) is 5.60. The molecule has 0 aromatic carbocycles. The van der Waals surface area contributed by atoms with E-state index in [-0.39, 0.29) is 0 Å². The summed E-state index contributed by atoms with van der Waals surface area (Å²) in [6.07, 6.45) is 11.9. The maximum absolute atomic E-state index is 3.67. The van der Waals surface area contributed by atoms with Crippen LogP contribution in [0.25, 0.3) is 0 Å². The quantitative estimate of drug-likeness (QED) is 0.699. The van der Waals surface area contributed by atoms with Crippen LogP contribution in [-0.4, -0.2) is 37.6 Å². The summed E-state index contributed by atoms with van der Waals surface area (Å²) < 4.78 is 0. The number of rotatable bonds is 7. The molecule has 0 spiro atoms. The second-order valence-electron chi connectivity index (χ2n) is 6.88. The lowest BCUT2D eigenvalue weighted by Crippen LogP contribution is -2.26. The van der Waals surface area contributed by atoms with E-state index in [4.69, 9.17) is 0 Å². The van der Waals surface area contributed by atoms with Crippen molar-refractivity contribution in [2.75, 3.05) is 32.7 Å². The molecule has 1 N–H and O–H groups in total. The molecule has 0 amide bonds. The highest BCUT2D eigenvalue weighted by molar-refractivity contribution is 4.89. The Bertz CT molecular complexity index is 247. The van der Waals surface area contributed by atoms with Gasteiger partial charge >= 0.3 is 0 Å². The van der Waals surface area contributed by atoms with Gasteiger partial charge in [0.15, 0.2) is 0 Å². The lowest BCUT2D eigenvalue weighted by Gasteiger charge is -2.21. The average molecular weight is 250 g/mol. The van der Waals surface area contributed by atoms with Crippen molar-refractivity contribution in [3.05, 3.63) is 0 Å². The molecular formula is C16H30N2. The largest absolute Gasteiger partial charge is 0.317 e. The van der Waals surface area contributed by atoms with Gasteiger partial charge in [0.2, 0.25) is 0 Å². The summed E-state index contributed by atoms with van der Waals surface area (Å²) in [4.78, 5) is 2.62. The molecule has 18 heavy (non-hydrogen) atoms. The maximum atomic E-state index is 3.67. The van der Waals surface area contributed by atoms with E-state index in [1.54, 1.807) is 25.7 Å². The van der Waals surface area contributed by atoms with Crippen LogP contribution in [0, 0.1) is 17.8 Å². The molecule has 104 valence electrons. The van der Waals surface area contributed by atoms with E-state index in [1.807, 2.05) is 0 Å². The van der Waals surface area contributed by atoms with Crippen LogP contribution < -0.4 is 5.32 Å². The van der Waals surface area contributed by atoms with Crippen LogP contribution in [0.2, 0.25) is 0 Å². The highest BCUT2D eigenvalue weighted by Crippen LogP contribution is 2.49. The topological polar surface area (TPSA) is 15.3 Å². The van der Waals surface area contributed by atoms with Gasteiger partial charge in [0.1, 0.15) is 0 Å². The first-order chi connectivity index (χ1) is 8.92. The fourth-order valence-corrected chi connectivity index (χ4v) is 4.58. The van der Waals surface area contributed by atoms with Gasteiger partial charge in [-0.15, -0.1) is 0 Å². The van der Waals surface area contributed by atoms with Gasteiger partial charge in [0.05, 0.1) is 0 Å². The minimum absolute atomic E-state index is 1.08. The van der Waals surface area contributed by atoms with Crippen molar-refractivity contribution >= 4 is 0 Å². The number of fused-ring (bicyclic) bond motifs is 2. The number of hydrogen-bond donors (Lipinski definition) is 1. The molecule has 0 aromatic rings. The molecule has 1 aliphatic heterocycles. The Kier molecular flexibility index (Phi) is 4.58. The fourth-order valence-electron chi connectivity index (χ4n) is 4.58. The first-order valence-corrected chi connectivity index (χ1v) is 8.35. The van der Waals surface area contributed by atoms with Crippen LogP contribution in [0.3, 0.4) is 0 Å². The lowest BCUT2D eigenvalue weighted by atomic mass is 9.86. The predicted octanol–water partition coefficient (Wildman–Crippen LogP) is 2.89. The van der Waals surface area contributed by atoms with E-state index in [0.717, 1.165) is 17.8 Å². The molecule has 2 nitrogen and oxygen atoms in total. The monoisotopic (exact) mass is 250 g/mol. The lowest BCUT2D eigenvalue weighted by molar-refractivity contribution is 0.305. The van der Waals surface area contributed by atoms with Gasteiger partial charge in [0, 0.05) is 0 Å². The Balaban J connectivity index is 1.19. The molecule has 0 aromatic heterocycles. The zero-order chi connectivity index (χ0) is 12.2. The van der Waals surface area contributed by atoms with Gasteiger partial charge in [-0.05, 0) is 95.4 Å². The maximum Gasteiger partial charge on any atom is -0.000664 e. The van der Waals surface area contributed by atoms with E-state index in [0.29, 0.717) is 0 Å². The zero-order valence-electron chi connectivity index (χ0n) is 11.9. The number of nitrogens with zero attached hydrogens (tertiary/aromatic N) is 1. The van der Waals surface area contributed by atoms with Crippen molar-refractivity contribution < 1.29 is 0 Å². The van der Waals surface area contributed by atoms with Crippen molar-refractivity contribution in [1.29, 1.82) is 0 Å². The highest BCUT2D eigenvalue weighted by Gasteiger charge is 2.38. The highest BCUT2D eigenvalue weighted by atomic mass is 15.1. The third kappa shape index (κ3) is 3.27. The van der Waals surface area contributed by atoms with E-state index < -0.39 is 0 Å². The molecule has 3 atom stereocenters. The summed E-state index contributed by atoms with van der Waals surface area (Å²) in [6.45, 7) is 6.53. The Morgan fingerprint density at radius 3 is 2.61 bits per heavy atom. The molecule has 2 heteroatoms. The predicted molar refractivity (Wildman–Crippen MR) is 76.7 cm³/mol. The molecule has 1 heterocycles. The van der Waals surface area contributed by atoms with Crippen molar-refractivity contribution in [2.45, 2.75) is 51.4 Å². The molecule has 2 bridgehead atoms. The molecule has 3 fully saturated rings. The van der Waals surface area contributed by atoms with Gasteiger partial charge in [-0.3, -0.25) is 0 Å². The summed E-state index contributed by atoms with van der Waals surface area (Å²) >= 11 is 0. The minimum atomic E-state index is 1.08. The van der Waals surface area contributed by atoms with Crippen molar-refractivity contribution in [2.24, 2.45) is 17.8 Å². The second kappa shape index (κ2) is 6.38. The van der Waals surface area contributed by atoms with E-state index in [9.17, 15) is 0 Å². The summed E-state index contributed by atoms with van der Waals surface area (Å²) in [7, 11) is 0. The minimum Gasteiger partial charge on any atom is -0.317 e. The summed E-state index contributed by atoms with van der Waals surface area (Å²) in [5.41, 5.74) is 0. The van der Waals surface area contributed by atoms with E-state index in [1.165, 1.54) is 58.4 Å². The molecule has 2 aliphatic carbocycles. The van der Waals surface area contributed by atoms with Crippen LogP contribution in [0.15, 0.2) is 0 Å². The molecular weight excluding hydrogens is 220 g/mol. The Morgan fingerprint density at radius 1 is 1.00 bits per heavy atom. The van der Waals surface area contributed by atoms with Crippen LogP contribution in [-0.2, 0) is 0 Å². The van der Waals surface area contributed by atoms with Gasteiger partial charge in [0.25, 0.3) is 0 Å². The first kappa shape index (κ1) is 12.9. The van der Waals surface area contributed by atoms with Crippen molar-refractivity contribution in [1.82, 2.24) is 10.2 Å². The van der Waals surface area contributed by atoms with Crippen molar-refractivity contribution in [3.63, 3.8) is 0 Å². The molecule has 3 unspecified atom stereocenters. The Morgan fingerprint density at radius 2 is 1.89 bits per heavy atom. The van der Waals surface area contributed by atoms with Gasteiger partial charge < -0.3 is 10.2 Å². The van der Waals surface area contributed by atoms with Crippen LogP contribution in [0.4, 0.5) is 0 Å². The van der Waals surface area contributed by atoms with E-state index >= 15 is 0 Å². The average Bonchev–Trinajstić information content (AvgIpc) is 3.10. The number of likely N-dealkylation sites (tertiary alicyclic amines) is 1. The van der Waals surface area contributed by atoms with Gasteiger partial charge in [-0.25, -0.2) is 0 Å². The molecule has 0 radical (unpaired) electrons. The Hall–Kier alpha value is -0.0800. The molecule has 3 aliphatic rings. The van der Waals surface area contributed by atoms with E-state index in [2.05, 4.69) is 10.2 Å². The summed E-state index contributed by atoms with van der Waals surface area (Å²) in [5, 5.41) is 3.67. The summed E-state index contributed by atoms with van der Waals surface area (Å²) in [5.74, 6) is 3.31. The standard InChI is InChI=1S/C16H30N2/c1-2-10-18(9-1)11-3-7-17-8-6-16-13-14-4-5-15(16)12-14/h14-17H,1-13H2. The van der Waals surface area contributed by atoms with Crippen LogP contribution in [0.1, 0.15) is 51.4 Å². The fraction of sp³-hybridized carbons (Fsp3) is 1.00. The normalized spacial score (nSPS) is 35.7. The van der Waals surface area contributed by atoms with Crippen LogP contribution in [0.5, 0.6) is 0 Å². The Labute approximate surface area is 113 Å². The number of hydrogen-bond acceptors (Lipinski definition) is 2. The van der Waals surface area contributed by atoms with Gasteiger partial charge in [-0.1, -0.05) is 6.42 Å². The zero-order valence-corrected chi connectivity index (χ0v) is 11.9. The summed E-state index contributed by atoms with van der Waals surface area (Å²) in [6, 6.07) is 0.